The van der Waals surface area contributed by atoms with Crippen LogP contribution in [0.2, 0.25) is 0 Å². The fourth-order valence-corrected chi connectivity index (χ4v) is 1.25. The third-order valence-corrected chi connectivity index (χ3v) is 2.27. The van der Waals surface area contributed by atoms with Crippen molar-refractivity contribution in [1.29, 1.82) is 0 Å². The molecule has 1 N–H and O–H groups in total. The van der Waals surface area contributed by atoms with E-state index in [-0.39, 0.29) is 11.5 Å². The maximum absolute atomic E-state index is 11.1. The zero-order valence-electron chi connectivity index (χ0n) is 11.0. The molecule has 17 heavy (non-hydrogen) atoms. The van der Waals surface area contributed by atoms with Gasteiger partial charge in [0, 0.05) is 18.5 Å². The van der Waals surface area contributed by atoms with Gasteiger partial charge in [-0.2, -0.15) is 0 Å². The van der Waals surface area contributed by atoms with E-state index < -0.39 is 0 Å². The zero-order valence-corrected chi connectivity index (χ0v) is 11.0. The third-order valence-electron chi connectivity index (χ3n) is 2.27. The maximum Gasteiger partial charge on any atom is 0.310 e. The van der Waals surface area contributed by atoms with Gasteiger partial charge in [-0.15, -0.1) is 0 Å². The molecule has 0 aromatic heterocycles. The number of hydrogen-bond donors (Lipinski definition) is 1. The number of ether oxygens (including phenoxy) is 1. The highest BCUT2D eigenvalue weighted by Crippen LogP contribution is 2.13. The molecule has 0 spiro atoms. The summed E-state index contributed by atoms with van der Waals surface area (Å²) in [6, 6.07) is 7.59. The standard InChI is InChI=1S/C14H21NO2/c1-5-13(16)17-12-8-6-11(7-9-12)10-15-14(2,3)4/h6-9,15H,5,10H2,1-4H3. The van der Waals surface area contributed by atoms with Crippen molar-refractivity contribution in [1.82, 2.24) is 5.32 Å². The monoisotopic (exact) mass is 235 g/mol. The van der Waals surface area contributed by atoms with E-state index in [1.165, 1.54) is 5.56 Å². The molecule has 0 heterocycles. The van der Waals surface area contributed by atoms with Gasteiger partial charge in [-0.1, -0.05) is 19.1 Å². The van der Waals surface area contributed by atoms with Crippen LogP contribution in [0.4, 0.5) is 0 Å². The lowest BCUT2D eigenvalue weighted by atomic mass is 10.1. The highest BCUT2D eigenvalue weighted by molar-refractivity contribution is 5.71. The van der Waals surface area contributed by atoms with Crippen molar-refractivity contribution in [3.63, 3.8) is 0 Å². The third kappa shape index (κ3) is 5.50. The minimum Gasteiger partial charge on any atom is -0.427 e. The number of carbonyl (C=O) groups excluding carboxylic acids is 1. The highest BCUT2D eigenvalue weighted by Gasteiger charge is 2.08. The van der Waals surface area contributed by atoms with E-state index in [9.17, 15) is 4.79 Å². The Bertz CT molecular complexity index is 363. The first-order valence-electron chi connectivity index (χ1n) is 5.95. The molecule has 3 heteroatoms. The van der Waals surface area contributed by atoms with E-state index in [4.69, 9.17) is 4.74 Å². The van der Waals surface area contributed by atoms with Crippen LogP contribution in [0.1, 0.15) is 39.7 Å². The van der Waals surface area contributed by atoms with Gasteiger partial charge in [0.2, 0.25) is 0 Å². The van der Waals surface area contributed by atoms with Crippen LogP contribution in [0.15, 0.2) is 24.3 Å². The van der Waals surface area contributed by atoms with E-state index in [1.807, 2.05) is 24.3 Å². The van der Waals surface area contributed by atoms with Crippen LogP contribution in [-0.4, -0.2) is 11.5 Å². The summed E-state index contributed by atoms with van der Waals surface area (Å²) in [5.41, 5.74) is 1.28. The van der Waals surface area contributed by atoms with E-state index >= 15 is 0 Å². The Hall–Kier alpha value is -1.35. The van der Waals surface area contributed by atoms with Crippen LogP contribution in [0, 0.1) is 0 Å². The van der Waals surface area contributed by atoms with Crippen molar-refractivity contribution in [2.24, 2.45) is 0 Å². The molecular weight excluding hydrogens is 214 g/mol. The molecule has 1 rings (SSSR count). The number of hydrogen-bond acceptors (Lipinski definition) is 3. The first kappa shape index (κ1) is 13.7. The summed E-state index contributed by atoms with van der Waals surface area (Å²) >= 11 is 0. The van der Waals surface area contributed by atoms with Gasteiger partial charge in [0.25, 0.3) is 0 Å². The van der Waals surface area contributed by atoms with Crippen LogP contribution in [0.5, 0.6) is 5.75 Å². The molecule has 0 bridgehead atoms. The van der Waals surface area contributed by atoms with Gasteiger partial charge in [-0.25, -0.2) is 0 Å². The number of esters is 1. The van der Waals surface area contributed by atoms with Crippen molar-refractivity contribution >= 4 is 5.97 Å². The molecule has 0 amide bonds. The van der Waals surface area contributed by atoms with Crippen LogP contribution in [0.3, 0.4) is 0 Å². The number of carbonyl (C=O) groups is 1. The Morgan fingerprint density at radius 1 is 1.24 bits per heavy atom. The molecule has 0 aliphatic rings. The molecule has 0 saturated heterocycles. The Labute approximate surface area is 103 Å². The first-order chi connectivity index (χ1) is 7.90. The van der Waals surface area contributed by atoms with Crippen molar-refractivity contribution < 1.29 is 9.53 Å². The average Bonchev–Trinajstić information content (AvgIpc) is 2.27. The SMILES string of the molecule is CCC(=O)Oc1ccc(CNC(C)(C)C)cc1. The second-order valence-corrected chi connectivity index (χ2v) is 5.08. The molecule has 0 unspecified atom stereocenters. The van der Waals surface area contributed by atoms with Gasteiger partial charge in [0.05, 0.1) is 0 Å². The lowest BCUT2D eigenvalue weighted by Crippen LogP contribution is -2.35. The van der Waals surface area contributed by atoms with Gasteiger partial charge in [-0.3, -0.25) is 4.79 Å². The van der Waals surface area contributed by atoms with E-state index in [2.05, 4.69) is 26.1 Å². The summed E-state index contributed by atoms with van der Waals surface area (Å²) in [5, 5.41) is 3.40. The van der Waals surface area contributed by atoms with Crippen LogP contribution in [-0.2, 0) is 11.3 Å². The topological polar surface area (TPSA) is 38.3 Å². The molecule has 0 saturated carbocycles. The minimum atomic E-state index is -0.203. The Morgan fingerprint density at radius 3 is 2.29 bits per heavy atom. The molecule has 0 fully saturated rings. The molecule has 1 aromatic rings. The van der Waals surface area contributed by atoms with Gasteiger partial charge < -0.3 is 10.1 Å². The lowest BCUT2D eigenvalue weighted by Gasteiger charge is -2.20. The molecule has 0 atom stereocenters. The van der Waals surface area contributed by atoms with Gasteiger partial charge in [0.15, 0.2) is 0 Å². The highest BCUT2D eigenvalue weighted by atomic mass is 16.5. The quantitative estimate of drug-likeness (QED) is 0.644. The van der Waals surface area contributed by atoms with E-state index in [0.29, 0.717) is 12.2 Å². The predicted octanol–water partition coefficient (Wildman–Crippen LogP) is 2.89. The first-order valence-corrected chi connectivity index (χ1v) is 5.95. The average molecular weight is 235 g/mol. The molecule has 0 aliphatic carbocycles. The summed E-state index contributed by atoms with van der Waals surface area (Å²) in [7, 11) is 0. The van der Waals surface area contributed by atoms with Crippen molar-refractivity contribution in [3.05, 3.63) is 29.8 Å². The second kappa shape index (κ2) is 5.82. The molecule has 94 valence electrons. The molecule has 0 radical (unpaired) electrons. The molecule has 3 nitrogen and oxygen atoms in total. The summed E-state index contributed by atoms with van der Waals surface area (Å²) in [6.45, 7) is 8.98. The molecule has 0 aliphatic heterocycles. The van der Waals surface area contributed by atoms with Crippen LogP contribution in [0.25, 0.3) is 0 Å². The number of benzene rings is 1. The van der Waals surface area contributed by atoms with E-state index in [0.717, 1.165) is 6.54 Å². The Kier molecular flexibility index (Phi) is 4.70. The van der Waals surface area contributed by atoms with Gasteiger partial charge in [0.1, 0.15) is 5.75 Å². The normalized spacial score (nSPS) is 11.3. The largest absolute Gasteiger partial charge is 0.427 e. The minimum absolute atomic E-state index is 0.105. The fourth-order valence-electron chi connectivity index (χ4n) is 1.25. The molecule has 1 aromatic carbocycles. The number of rotatable bonds is 4. The summed E-state index contributed by atoms with van der Waals surface area (Å²) in [6.07, 6.45) is 0.396. The Morgan fingerprint density at radius 2 is 1.82 bits per heavy atom. The predicted molar refractivity (Wildman–Crippen MR) is 69.0 cm³/mol. The molecular formula is C14H21NO2. The Balaban J connectivity index is 2.53. The zero-order chi connectivity index (χ0) is 12.9. The van der Waals surface area contributed by atoms with Gasteiger partial charge in [-0.05, 0) is 38.5 Å². The lowest BCUT2D eigenvalue weighted by molar-refractivity contribution is -0.134. The van der Waals surface area contributed by atoms with E-state index in [1.54, 1.807) is 6.92 Å². The maximum atomic E-state index is 11.1. The van der Waals surface area contributed by atoms with Crippen LogP contribution < -0.4 is 10.1 Å². The van der Waals surface area contributed by atoms with Crippen LogP contribution >= 0.6 is 0 Å². The summed E-state index contributed by atoms with van der Waals surface area (Å²) in [5.74, 6) is 0.405. The smallest absolute Gasteiger partial charge is 0.310 e. The van der Waals surface area contributed by atoms with Crippen molar-refractivity contribution in [2.45, 2.75) is 46.2 Å². The summed E-state index contributed by atoms with van der Waals surface area (Å²) < 4.78 is 5.10. The second-order valence-electron chi connectivity index (χ2n) is 5.08. The fraction of sp³-hybridized carbons (Fsp3) is 0.500. The van der Waals surface area contributed by atoms with Gasteiger partial charge >= 0.3 is 5.97 Å². The summed E-state index contributed by atoms with van der Waals surface area (Å²) in [4.78, 5) is 11.1. The number of nitrogens with one attached hydrogen (secondary N) is 1. The van der Waals surface area contributed by atoms with Crippen molar-refractivity contribution in [3.8, 4) is 5.75 Å². The van der Waals surface area contributed by atoms with Crippen molar-refractivity contribution in [2.75, 3.05) is 0 Å².